The fraction of sp³-hybridized carbons (Fsp3) is 0.364. The summed E-state index contributed by atoms with van der Waals surface area (Å²) in [5.41, 5.74) is 7.00. The predicted molar refractivity (Wildman–Crippen MR) is 71.3 cm³/mol. The molecule has 0 radical (unpaired) electrons. The number of nitrogens with zero attached hydrogens (tertiary/aromatic N) is 1. The molecule has 0 saturated carbocycles. The molecule has 0 spiro atoms. The van der Waals surface area contributed by atoms with E-state index in [0.717, 1.165) is 30.2 Å². The molecule has 3 nitrogen and oxygen atoms in total. The zero-order valence-electron chi connectivity index (χ0n) is 8.89. The Morgan fingerprint density at radius 2 is 1.75 bits per heavy atom. The van der Waals surface area contributed by atoms with Gasteiger partial charge in [0.25, 0.3) is 5.91 Å². The Bertz CT molecular complexity index is 350. The van der Waals surface area contributed by atoms with E-state index in [1.165, 1.54) is 0 Å². The number of anilines is 1. The summed E-state index contributed by atoms with van der Waals surface area (Å²) in [4.78, 5) is 13.9. The molecule has 1 saturated heterocycles. The van der Waals surface area contributed by atoms with Gasteiger partial charge in [0.05, 0.1) is 0 Å². The van der Waals surface area contributed by atoms with Crippen LogP contribution >= 0.6 is 24.2 Å². The first-order valence-corrected chi connectivity index (χ1v) is 6.15. The third-order valence-electron chi connectivity index (χ3n) is 2.46. The van der Waals surface area contributed by atoms with Gasteiger partial charge in [-0.1, -0.05) is 0 Å². The number of thioether (sulfide) groups is 1. The molecule has 1 aromatic rings. The second-order valence-electron chi connectivity index (χ2n) is 3.53. The number of rotatable bonds is 1. The molecule has 0 aliphatic carbocycles. The molecule has 1 aromatic carbocycles. The molecule has 0 bridgehead atoms. The van der Waals surface area contributed by atoms with Crippen molar-refractivity contribution in [2.75, 3.05) is 30.3 Å². The van der Waals surface area contributed by atoms with Crippen molar-refractivity contribution in [3.63, 3.8) is 0 Å². The largest absolute Gasteiger partial charge is 0.399 e. The van der Waals surface area contributed by atoms with Crippen molar-refractivity contribution in [3.05, 3.63) is 29.8 Å². The van der Waals surface area contributed by atoms with E-state index >= 15 is 0 Å². The maximum Gasteiger partial charge on any atom is 0.253 e. The Balaban J connectivity index is 0.00000128. The van der Waals surface area contributed by atoms with Gasteiger partial charge in [0, 0.05) is 35.8 Å². The lowest BCUT2D eigenvalue weighted by atomic mass is 10.2. The van der Waals surface area contributed by atoms with Gasteiger partial charge in [-0.2, -0.15) is 11.8 Å². The van der Waals surface area contributed by atoms with E-state index in [9.17, 15) is 4.79 Å². The van der Waals surface area contributed by atoms with E-state index in [0.29, 0.717) is 5.69 Å². The van der Waals surface area contributed by atoms with Gasteiger partial charge >= 0.3 is 0 Å². The van der Waals surface area contributed by atoms with Crippen molar-refractivity contribution in [1.29, 1.82) is 0 Å². The minimum absolute atomic E-state index is 0. The molecule has 1 fully saturated rings. The normalized spacial score (nSPS) is 15.4. The Morgan fingerprint density at radius 3 is 2.31 bits per heavy atom. The molecule has 0 aromatic heterocycles. The van der Waals surface area contributed by atoms with Crippen molar-refractivity contribution in [3.8, 4) is 0 Å². The maximum atomic E-state index is 12.0. The van der Waals surface area contributed by atoms with Gasteiger partial charge < -0.3 is 10.6 Å². The summed E-state index contributed by atoms with van der Waals surface area (Å²) in [6.07, 6.45) is 0. The molecule has 5 heteroatoms. The summed E-state index contributed by atoms with van der Waals surface area (Å²) in [5, 5.41) is 0. The number of nitrogen functional groups attached to an aromatic ring is 1. The van der Waals surface area contributed by atoms with Gasteiger partial charge in [0.2, 0.25) is 0 Å². The highest BCUT2D eigenvalue weighted by Gasteiger charge is 2.17. The van der Waals surface area contributed by atoms with Crippen LogP contribution in [0.1, 0.15) is 10.4 Å². The first-order chi connectivity index (χ1) is 7.27. The molecule has 1 aliphatic rings. The quantitative estimate of drug-likeness (QED) is 0.783. The topological polar surface area (TPSA) is 46.3 Å². The Labute approximate surface area is 106 Å². The molecule has 0 unspecified atom stereocenters. The van der Waals surface area contributed by atoms with Crippen LogP contribution < -0.4 is 5.73 Å². The van der Waals surface area contributed by atoms with Gasteiger partial charge in [-0.15, -0.1) is 12.4 Å². The van der Waals surface area contributed by atoms with E-state index in [4.69, 9.17) is 5.73 Å². The molecule has 2 N–H and O–H groups in total. The standard InChI is InChI=1S/C11H14N2OS.ClH/c12-10-3-1-9(2-4-10)11(14)13-5-7-15-8-6-13;/h1-4H,5-8,12H2;1H. The van der Waals surface area contributed by atoms with E-state index in [2.05, 4.69) is 0 Å². The number of hydrogen-bond acceptors (Lipinski definition) is 3. The highest BCUT2D eigenvalue weighted by molar-refractivity contribution is 7.99. The third-order valence-corrected chi connectivity index (χ3v) is 3.40. The Morgan fingerprint density at radius 1 is 1.19 bits per heavy atom. The lowest BCUT2D eigenvalue weighted by molar-refractivity contribution is 0.0772. The molecule has 1 aliphatic heterocycles. The van der Waals surface area contributed by atoms with E-state index in [-0.39, 0.29) is 18.3 Å². The van der Waals surface area contributed by atoms with Gasteiger partial charge in [-0.05, 0) is 24.3 Å². The summed E-state index contributed by atoms with van der Waals surface area (Å²) in [7, 11) is 0. The number of amides is 1. The predicted octanol–water partition coefficient (Wildman–Crippen LogP) is 1.88. The fourth-order valence-electron chi connectivity index (χ4n) is 1.57. The first-order valence-electron chi connectivity index (χ1n) is 5.00. The molecule has 2 rings (SSSR count). The molecule has 0 atom stereocenters. The second kappa shape index (κ2) is 6.01. The van der Waals surface area contributed by atoms with Gasteiger partial charge in [0.15, 0.2) is 0 Å². The first kappa shape index (κ1) is 13.2. The summed E-state index contributed by atoms with van der Waals surface area (Å²) >= 11 is 1.90. The minimum Gasteiger partial charge on any atom is -0.399 e. The number of halogens is 1. The zero-order valence-corrected chi connectivity index (χ0v) is 10.5. The van der Waals surface area contributed by atoms with Gasteiger partial charge in [-0.3, -0.25) is 4.79 Å². The lowest BCUT2D eigenvalue weighted by Gasteiger charge is -2.26. The average Bonchev–Trinajstić information content (AvgIpc) is 2.30. The van der Waals surface area contributed by atoms with E-state index in [1.54, 1.807) is 24.3 Å². The molecule has 1 heterocycles. The molecular weight excluding hydrogens is 244 g/mol. The number of benzene rings is 1. The third kappa shape index (κ3) is 3.06. The smallest absolute Gasteiger partial charge is 0.253 e. The van der Waals surface area contributed by atoms with Crippen LogP contribution in [0.15, 0.2) is 24.3 Å². The summed E-state index contributed by atoms with van der Waals surface area (Å²) in [6.45, 7) is 1.71. The average molecular weight is 259 g/mol. The van der Waals surface area contributed by atoms with E-state index in [1.807, 2.05) is 16.7 Å². The highest BCUT2D eigenvalue weighted by Crippen LogP contribution is 2.14. The number of hydrogen-bond donors (Lipinski definition) is 1. The lowest BCUT2D eigenvalue weighted by Crippen LogP contribution is -2.37. The maximum absolute atomic E-state index is 12.0. The summed E-state index contributed by atoms with van der Waals surface area (Å²) < 4.78 is 0. The van der Waals surface area contributed by atoms with E-state index < -0.39 is 0 Å². The SMILES string of the molecule is Cl.Nc1ccc(C(=O)N2CCSCC2)cc1. The Kier molecular flexibility index (Phi) is 4.96. The van der Waals surface area contributed by atoms with Crippen LogP contribution in [0.25, 0.3) is 0 Å². The minimum atomic E-state index is 0. The van der Waals surface area contributed by atoms with Crippen molar-refractivity contribution in [2.24, 2.45) is 0 Å². The van der Waals surface area contributed by atoms with Crippen molar-refractivity contribution in [2.45, 2.75) is 0 Å². The number of nitrogens with two attached hydrogens (primary N) is 1. The number of carbonyl (C=O) groups is 1. The monoisotopic (exact) mass is 258 g/mol. The second-order valence-corrected chi connectivity index (χ2v) is 4.75. The van der Waals surface area contributed by atoms with Gasteiger partial charge in [-0.25, -0.2) is 0 Å². The van der Waals surface area contributed by atoms with Crippen molar-refractivity contribution >= 4 is 35.8 Å². The zero-order chi connectivity index (χ0) is 10.7. The van der Waals surface area contributed by atoms with Gasteiger partial charge in [0.1, 0.15) is 0 Å². The molecule has 1 amide bonds. The Hall–Kier alpha value is -0.870. The summed E-state index contributed by atoms with van der Waals surface area (Å²) in [6, 6.07) is 7.12. The van der Waals surface area contributed by atoms with Crippen LogP contribution in [0.3, 0.4) is 0 Å². The number of carbonyl (C=O) groups excluding carboxylic acids is 1. The molecule has 88 valence electrons. The molecule has 16 heavy (non-hydrogen) atoms. The van der Waals surface area contributed by atoms with Crippen LogP contribution in [-0.4, -0.2) is 35.4 Å². The van der Waals surface area contributed by atoms with Crippen LogP contribution in [0.4, 0.5) is 5.69 Å². The van der Waals surface area contributed by atoms with Crippen LogP contribution in [0, 0.1) is 0 Å². The fourth-order valence-corrected chi connectivity index (χ4v) is 2.48. The van der Waals surface area contributed by atoms with Crippen LogP contribution in [-0.2, 0) is 0 Å². The molecular formula is C11H15ClN2OS. The van der Waals surface area contributed by atoms with Crippen LogP contribution in [0.2, 0.25) is 0 Å². The summed E-state index contributed by atoms with van der Waals surface area (Å²) in [5.74, 6) is 2.21. The van der Waals surface area contributed by atoms with Crippen molar-refractivity contribution in [1.82, 2.24) is 4.90 Å². The van der Waals surface area contributed by atoms with Crippen LogP contribution in [0.5, 0.6) is 0 Å². The highest BCUT2D eigenvalue weighted by atomic mass is 35.5. The van der Waals surface area contributed by atoms with Crippen molar-refractivity contribution < 1.29 is 4.79 Å².